The van der Waals surface area contributed by atoms with Gasteiger partial charge in [-0.05, 0) is 37.1 Å². The summed E-state index contributed by atoms with van der Waals surface area (Å²) in [6, 6.07) is 7.94. The Balaban J connectivity index is 1.74. The summed E-state index contributed by atoms with van der Waals surface area (Å²) in [5.41, 5.74) is 0.234. The first-order valence-corrected chi connectivity index (χ1v) is 13.2. The highest BCUT2D eigenvalue weighted by Gasteiger charge is 2.27. The first kappa shape index (κ1) is 28.7. The molecule has 2 N–H and O–H groups in total. The second-order valence-electron chi connectivity index (χ2n) is 8.16. The highest BCUT2D eigenvalue weighted by molar-refractivity contribution is 7.99. The highest BCUT2D eigenvalue weighted by Crippen LogP contribution is 2.29. The van der Waals surface area contributed by atoms with Gasteiger partial charge in [0.1, 0.15) is 0 Å². The Morgan fingerprint density at radius 2 is 1.84 bits per heavy atom. The molecule has 1 atom stereocenters. The van der Waals surface area contributed by atoms with Gasteiger partial charge in [-0.3, -0.25) is 19.7 Å². The van der Waals surface area contributed by atoms with Crippen molar-refractivity contribution in [2.75, 3.05) is 11.1 Å². The van der Waals surface area contributed by atoms with Gasteiger partial charge in [-0.2, -0.15) is 0 Å². The lowest BCUT2D eigenvalue weighted by Gasteiger charge is -2.22. The number of thioether (sulfide) groups is 1. The molecule has 0 saturated heterocycles. The number of nitro benzene ring substituents is 1. The number of benzene rings is 2. The van der Waals surface area contributed by atoms with Crippen molar-refractivity contribution in [2.24, 2.45) is 5.92 Å². The van der Waals surface area contributed by atoms with Crippen LogP contribution < -0.4 is 10.6 Å². The van der Waals surface area contributed by atoms with Crippen LogP contribution in [0.5, 0.6) is 0 Å². The number of carbonyl (C=O) groups excluding carboxylic acids is 2. The number of hydrogen-bond acceptors (Lipinski definition) is 7. The molecule has 2 amide bonds. The summed E-state index contributed by atoms with van der Waals surface area (Å²) in [4.78, 5) is 35.9. The van der Waals surface area contributed by atoms with E-state index < -0.39 is 16.9 Å². The fourth-order valence-corrected chi connectivity index (χ4v) is 4.86. The number of rotatable bonds is 10. The SMILES string of the molecule is CCn1c(SCC(=O)Nc2cc([N+](=O)[O-])ccc2Cl)nnc1[C@H](NC(=O)c1ccc(Cl)cc1Cl)C(C)C. The number of aromatic nitrogens is 3. The molecule has 0 saturated carbocycles. The first-order chi connectivity index (χ1) is 17.5. The van der Waals surface area contributed by atoms with Gasteiger partial charge in [0, 0.05) is 23.7 Å². The van der Waals surface area contributed by atoms with Crippen LogP contribution in [0, 0.1) is 16.0 Å². The number of carbonyl (C=O) groups is 2. The fraction of sp³-hybridized carbons (Fsp3) is 0.304. The van der Waals surface area contributed by atoms with Crippen molar-refractivity contribution in [2.45, 2.75) is 38.5 Å². The molecule has 0 aliphatic heterocycles. The average molecular weight is 586 g/mol. The van der Waals surface area contributed by atoms with Crippen LogP contribution in [0.1, 0.15) is 43.0 Å². The largest absolute Gasteiger partial charge is 0.342 e. The molecule has 2 aromatic carbocycles. The third-order valence-corrected chi connectivity index (χ3v) is 7.08. The number of anilines is 1. The zero-order valence-electron chi connectivity index (χ0n) is 20.0. The second-order valence-corrected chi connectivity index (χ2v) is 10.4. The number of nitrogens with zero attached hydrogens (tertiary/aromatic N) is 4. The van der Waals surface area contributed by atoms with Crippen molar-refractivity contribution in [3.8, 4) is 0 Å². The van der Waals surface area contributed by atoms with E-state index in [0.29, 0.717) is 22.5 Å². The Kier molecular flexibility index (Phi) is 9.77. The van der Waals surface area contributed by atoms with Crippen molar-refractivity contribution in [1.29, 1.82) is 0 Å². The zero-order valence-corrected chi connectivity index (χ0v) is 23.1. The van der Waals surface area contributed by atoms with Crippen LogP contribution in [0.25, 0.3) is 0 Å². The van der Waals surface area contributed by atoms with Crippen molar-refractivity contribution in [3.05, 3.63) is 73.0 Å². The molecule has 10 nitrogen and oxygen atoms in total. The van der Waals surface area contributed by atoms with Crippen molar-refractivity contribution in [1.82, 2.24) is 20.1 Å². The molecule has 0 aliphatic rings. The molecule has 0 radical (unpaired) electrons. The van der Waals surface area contributed by atoms with Crippen molar-refractivity contribution >= 4 is 69.8 Å². The zero-order chi connectivity index (χ0) is 27.3. The fourth-order valence-electron chi connectivity index (χ4n) is 3.40. The molecule has 1 heterocycles. The van der Waals surface area contributed by atoms with Gasteiger partial charge in [-0.25, -0.2) is 0 Å². The van der Waals surface area contributed by atoms with E-state index in [2.05, 4.69) is 20.8 Å². The lowest BCUT2D eigenvalue weighted by Crippen LogP contribution is -2.34. The summed E-state index contributed by atoms with van der Waals surface area (Å²) in [5.74, 6) is -0.364. The van der Waals surface area contributed by atoms with Crippen LogP contribution in [0.2, 0.25) is 15.1 Å². The summed E-state index contributed by atoms with van der Waals surface area (Å²) in [6.07, 6.45) is 0. The minimum absolute atomic E-state index is 0.0401. The van der Waals surface area contributed by atoms with Crippen LogP contribution in [-0.4, -0.2) is 37.3 Å². The molecule has 0 unspecified atom stereocenters. The van der Waals surface area contributed by atoms with E-state index >= 15 is 0 Å². The maximum atomic E-state index is 12.9. The van der Waals surface area contributed by atoms with E-state index in [-0.39, 0.29) is 44.6 Å². The van der Waals surface area contributed by atoms with E-state index in [1.807, 2.05) is 25.3 Å². The first-order valence-electron chi connectivity index (χ1n) is 11.1. The van der Waals surface area contributed by atoms with Crippen molar-refractivity contribution in [3.63, 3.8) is 0 Å². The Morgan fingerprint density at radius 3 is 2.46 bits per heavy atom. The molecule has 3 aromatic rings. The Bertz CT molecular complexity index is 1330. The maximum absolute atomic E-state index is 12.9. The molecular weight excluding hydrogens is 563 g/mol. The maximum Gasteiger partial charge on any atom is 0.271 e. The lowest BCUT2D eigenvalue weighted by atomic mass is 10.0. The standard InChI is InChI=1S/C23H23Cl3N6O4S/c1-4-31-21(20(12(2)3)28-22(34)15-7-5-13(24)9-17(15)26)29-30-23(31)37-11-19(33)27-18-10-14(32(35)36)6-8-16(18)25/h5-10,12,20H,4,11H2,1-3H3,(H,27,33)(H,28,34)/t20-/m1/s1. The van der Waals surface area contributed by atoms with Crippen LogP contribution in [0.4, 0.5) is 11.4 Å². The number of non-ortho nitro benzene ring substituents is 1. The van der Waals surface area contributed by atoms with Crippen LogP contribution in [0.15, 0.2) is 41.6 Å². The second kappa shape index (κ2) is 12.6. The van der Waals surface area contributed by atoms with Gasteiger partial charge in [0.05, 0.1) is 38.0 Å². The van der Waals surface area contributed by atoms with Crippen LogP contribution >= 0.6 is 46.6 Å². The van der Waals surface area contributed by atoms with Crippen molar-refractivity contribution < 1.29 is 14.5 Å². The monoisotopic (exact) mass is 584 g/mol. The molecule has 1 aromatic heterocycles. The molecule has 3 rings (SSSR count). The van der Waals surface area contributed by atoms with Gasteiger partial charge >= 0.3 is 0 Å². The van der Waals surface area contributed by atoms with Gasteiger partial charge in [-0.1, -0.05) is 60.4 Å². The van der Waals surface area contributed by atoms with E-state index in [9.17, 15) is 19.7 Å². The Labute approximate surface area is 232 Å². The third-order valence-electron chi connectivity index (χ3n) is 5.24. The molecule has 0 spiro atoms. The van der Waals surface area contributed by atoms with Gasteiger partial charge in [-0.15, -0.1) is 10.2 Å². The lowest BCUT2D eigenvalue weighted by molar-refractivity contribution is -0.384. The number of halogens is 3. The van der Waals surface area contributed by atoms with E-state index in [1.165, 1.54) is 24.3 Å². The third kappa shape index (κ3) is 7.13. The summed E-state index contributed by atoms with van der Waals surface area (Å²) in [6.45, 7) is 6.26. The predicted octanol–water partition coefficient (Wildman–Crippen LogP) is 6.02. The van der Waals surface area contributed by atoms with Gasteiger partial charge in [0.15, 0.2) is 11.0 Å². The molecular formula is C23H23Cl3N6O4S. The number of hydrogen-bond donors (Lipinski definition) is 2. The van der Waals surface area contributed by atoms with Crippen LogP contribution in [-0.2, 0) is 11.3 Å². The summed E-state index contributed by atoms with van der Waals surface area (Å²) in [5, 5.41) is 26.4. The summed E-state index contributed by atoms with van der Waals surface area (Å²) < 4.78 is 1.81. The molecule has 0 aliphatic carbocycles. The molecule has 196 valence electrons. The van der Waals surface area contributed by atoms with Gasteiger partial charge in [0.2, 0.25) is 5.91 Å². The minimum atomic E-state index is -0.573. The quantitative estimate of drug-likeness (QED) is 0.169. The predicted molar refractivity (Wildman–Crippen MR) is 145 cm³/mol. The van der Waals surface area contributed by atoms with E-state index in [1.54, 1.807) is 12.1 Å². The van der Waals surface area contributed by atoms with Gasteiger partial charge < -0.3 is 15.2 Å². The molecule has 14 heteroatoms. The molecule has 0 fully saturated rings. The van der Waals surface area contributed by atoms with E-state index in [4.69, 9.17) is 34.8 Å². The van der Waals surface area contributed by atoms with Gasteiger partial charge in [0.25, 0.3) is 11.6 Å². The topological polar surface area (TPSA) is 132 Å². The molecule has 37 heavy (non-hydrogen) atoms. The summed E-state index contributed by atoms with van der Waals surface area (Å²) >= 11 is 19.3. The molecule has 0 bridgehead atoms. The normalized spacial score (nSPS) is 11.9. The average Bonchev–Trinajstić information content (AvgIpc) is 3.24. The number of amides is 2. The number of nitro groups is 1. The summed E-state index contributed by atoms with van der Waals surface area (Å²) in [7, 11) is 0. The Hall–Kier alpha value is -2.86. The highest BCUT2D eigenvalue weighted by atomic mass is 35.5. The van der Waals surface area contributed by atoms with Crippen LogP contribution in [0.3, 0.4) is 0 Å². The van der Waals surface area contributed by atoms with E-state index in [0.717, 1.165) is 11.8 Å². The Morgan fingerprint density at radius 1 is 1.11 bits per heavy atom. The number of nitrogens with one attached hydrogen (secondary N) is 2. The minimum Gasteiger partial charge on any atom is -0.342 e. The smallest absolute Gasteiger partial charge is 0.271 e.